The quantitative estimate of drug-likeness (QED) is 0.684. The number of aromatic nitrogens is 4. The number of amides is 1. The van der Waals surface area contributed by atoms with Crippen LogP contribution in [0, 0.1) is 6.92 Å². The van der Waals surface area contributed by atoms with Gasteiger partial charge in [-0.15, -0.1) is 5.10 Å². The monoisotopic (exact) mass is 378 g/mol. The number of benzene rings is 2. The van der Waals surface area contributed by atoms with Crippen molar-refractivity contribution in [3.05, 3.63) is 71.0 Å². The molecule has 0 unspecified atom stereocenters. The molecule has 0 saturated carbocycles. The van der Waals surface area contributed by atoms with E-state index in [1.807, 2.05) is 31.2 Å². The summed E-state index contributed by atoms with van der Waals surface area (Å²) in [6.07, 6.45) is 1.53. The van der Waals surface area contributed by atoms with Gasteiger partial charge < -0.3 is 5.32 Å². The van der Waals surface area contributed by atoms with Crippen LogP contribution in [-0.2, 0) is 13.1 Å². The summed E-state index contributed by atoms with van der Waals surface area (Å²) in [6.45, 7) is 7.63. The van der Waals surface area contributed by atoms with E-state index < -0.39 is 0 Å². The Morgan fingerprint density at radius 1 is 1.18 bits per heavy atom. The smallest absolute Gasteiger partial charge is 0.251 e. The highest BCUT2D eigenvalue weighted by Crippen LogP contribution is 2.16. The van der Waals surface area contributed by atoms with Crippen LogP contribution in [0.3, 0.4) is 0 Å². The minimum absolute atomic E-state index is 0.0987. The molecule has 0 saturated heterocycles. The van der Waals surface area contributed by atoms with E-state index in [-0.39, 0.29) is 5.91 Å². The molecule has 0 aliphatic rings. The van der Waals surface area contributed by atoms with Crippen molar-refractivity contribution in [3.63, 3.8) is 0 Å². The van der Waals surface area contributed by atoms with Crippen LogP contribution in [-0.4, -0.2) is 44.1 Å². The molecular weight excluding hydrogens is 352 g/mol. The number of hydrogen-bond donors (Lipinski definition) is 1. The molecule has 1 amide bonds. The molecule has 7 heteroatoms. The van der Waals surface area contributed by atoms with Crippen molar-refractivity contribution < 1.29 is 4.79 Å². The molecule has 2 aromatic carbocycles. The number of carbonyl (C=O) groups is 1. The third kappa shape index (κ3) is 4.61. The third-order valence-corrected chi connectivity index (χ3v) is 4.91. The van der Waals surface area contributed by atoms with Gasteiger partial charge in [0.05, 0.1) is 5.69 Å². The van der Waals surface area contributed by atoms with Gasteiger partial charge in [-0.1, -0.05) is 24.3 Å². The van der Waals surface area contributed by atoms with Crippen LogP contribution in [0.2, 0.25) is 0 Å². The van der Waals surface area contributed by atoms with Crippen molar-refractivity contribution in [1.82, 2.24) is 30.4 Å². The van der Waals surface area contributed by atoms with Gasteiger partial charge in [-0.25, -0.2) is 4.68 Å². The number of nitrogens with one attached hydrogen (secondary N) is 1. The minimum Gasteiger partial charge on any atom is -0.348 e. The summed E-state index contributed by atoms with van der Waals surface area (Å²) in [5, 5.41) is 14.2. The lowest BCUT2D eigenvalue weighted by Gasteiger charge is -2.22. The van der Waals surface area contributed by atoms with E-state index in [1.165, 1.54) is 11.9 Å². The number of aryl methyl sites for hydroxylation is 1. The molecule has 0 radical (unpaired) electrons. The first-order valence-electron chi connectivity index (χ1n) is 9.35. The first-order valence-corrected chi connectivity index (χ1v) is 9.35. The summed E-state index contributed by atoms with van der Waals surface area (Å²) in [6, 6.07) is 14.2. The molecule has 1 N–H and O–H groups in total. The maximum Gasteiger partial charge on any atom is 0.251 e. The largest absolute Gasteiger partial charge is 0.348 e. The molecule has 146 valence electrons. The van der Waals surface area contributed by atoms with Gasteiger partial charge in [-0.2, -0.15) is 0 Å². The SMILES string of the molecule is Cc1cc(C(=O)NCc2ccccc2CN(C)C(C)C)ccc1-n1cnnn1. The zero-order valence-corrected chi connectivity index (χ0v) is 16.8. The third-order valence-electron chi connectivity index (χ3n) is 4.91. The Morgan fingerprint density at radius 3 is 2.57 bits per heavy atom. The summed E-state index contributed by atoms with van der Waals surface area (Å²) >= 11 is 0. The maximum absolute atomic E-state index is 12.6. The number of hydrogen-bond acceptors (Lipinski definition) is 5. The Bertz CT molecular complexity index is 936. The van der Waals surface area contributed by atoms with Gasteiger partial charge in [0.2, 0.25) is 0 Å². The molecule has 7 nitrogen and oxygen atoms in total. The Kier molecular flexibility index (Phi) is 6.16. The summed E-state index contributed by atoms with van der Waals surface area (Å²) in [4.78, 5) is 14.9. The summed E-state index contributed by atoms with van der Waals surface area (Å²) in [5.41, 5.74) is 4.75. The predicted molar refractivity (Wildman–Crippen MR) is 108 cm³/mol. The van der Waals surface area contributed by atoms with Crippen LogP contribution in [0.5, 0.6) is 0 Å². The normalized spacial score (nSPS) is 11.2. The lowest BCUT2D eigenvalue weighted by Crippen LogP contribution is -2.27. The Hall–Kier alpha value is -3.06. The van der Waals surface area contributed by atoms with Gasteiger partial charge >= 0.3 is 0 Å². The van der Waals surface area contributed by atoms with Gasteiger partial charge in [0.15, 0.2) is 0 Å². The molecule has 1 aromatic heterocycles. The second-order valence-corrected chi connectivity index (χ2v) is 7.22. The van der Waals surface area contributed by atoms with Gasteiger partial charge in [-0.3, -0.25) is 9.69 Å². The topological polar surface area (TPSA) is 75.9 Å². The van der Waals surface area contributed by atoms with Crippen LogP contribution in [0.25, 0.3) is 5.69 Å². The Balaban J connectivity index is 1.69. The Labute approximate surface area is 165 Å². The van der Waals surface area contributed by atoms with Crippen LogP contribution >= 0.6 is 0 Å². The number of tetrazole rings is 1. The summed E-state index contributed by atoms with van der Waals surface area (Å²) in [7, 11) is 2.11. The summed E-state index contributed by atoms with van der Waals surface area (Å²) in [5.74, 6) is -0.0987. The first-order chi connectivity index (χ1) is 13.5. The van der Waals surface area contributed by atoms with Crippen molar-refractivity contribution in [3.8, 4) is 5.69 Å². The van der Waals surface area contributed by atoms with E-state index in [1.54, 1.807) is 10.7 Å². The van der Waals surface area contributed by atoms with Gasteiger partial charge in [0, 0.05) is 24.7 Å². The van der Waals surface area contributed by atoms with Gasteiger partial charge in [-0.05, 0) is 73.1 Å². The fourth-order valence-corrected chi connectivity index (χ4v) is 2.94. The molecule has 0 aliphatic heterocycles. The molecule has 3 aromatic rings. The van der Waals surface area contributed by atoms with Crippen LogP contribution in [0.15, 0.2) is 48.8 Å². The lowest BCUT2D eigenvalue weighted by molar-refractivity contribution is 0.0950. The van der Waals surface area contributed by atoms with E-state index in [0.29, 0.717) is 18.2 Å². The molecule has 0 spiro atoms. The van der Waals surface area contributed by atoms with E-state index in [2.05, 4.69) is 58.8 Å². The number of nitrogens with zero attached hydrogens (tertiary/aromatic N) is 5. The predicted octanol–water partition coefficient (Wildman–Crippen LogP) is 2.74. The van der Waals surface area contributed by atoms with E-state index >= 15 is 0 Å². The number of carbonyl (C=O) groups excluding carboxylic acids is 1. The maximum atomic E-state index is 12.6. The van der Waals surface area contributed by atoms with E-state index in [0.717, 1.165) is 23.4 Å². The highest BCUT2D eigenvalue weighted by atomic mass is 16.1. The molecule has 0 atom stereocenters. The molecule has 0 bridgehead atoms. The molecule has 3 rings (SSSR count). The second kappa shape index (κ2) is 8.75. The highest BCUT2D eigenvalue weighted by Gasteiger charge is 2.12. The summed E-state index contributed by atoms with van der Waals surface area (Å²) < 4.78 is 1.58. The standard InChI is InChI=1S/C21H26N6O/c1-15(2)26(4)13-19-8-6-5-7-18(19)12-22-21(28)17-9-10-20(16(3)11-17)27-14-23-24-25-27/h5-11,14-15H,12-13H2,1-4H3,(H,22,28). The van der Waals surface area contributed by atoms with Crippen molar-refractivity contribution in [1.29, 1.82) is 0 Å². The van der Waals surface area contributed by atoms with Crippen molar-refractivity contribution in [2.24, 2.45) is 0 Å². The van der Waals surface area contributed by atoms with Gasteiger partial charge in [0.1, 0.15) is 6.33 Å². The molecule has 1 heterocycles. The van der Waals surface area contributed by atoms with Crippen LogP contribution in [0.4, 0.5) is 0 Å². The van der Waals surface area contributed by atoms with Gasteiger partial charge in [0.25, 0.3) is 5.91 Å². The van der Waals surface area contributed by atoms with Crippen molar-refractivity contribution in [2.75, 3.05) is 7.05 Å². The van der Waals surface area contributed by atoms with Crippen LogP contribution in [0.1, 0.15) is 40.9 Å². The van der Waals surface area contributed by atoms with E-state index in [9.17, 15) is 4.79 Å². The molecular formula is C21H26N6O. The first kappa shape index (κ1) is 19.7. The second-order valence-electron chi connectivity index (χ2n) is 7.22. The zero-order chi connectivity index (χ0) is 20.1. The molecule has 0 aliphatic carbocycles. The lowest BCUT2D eigenvalue weighted by atomic mass is 10.1. The zero-order valence-electron chi connectivity index (χ0n) is 16.8. The van der Waals surface area contributed by atoms with Crippen molar-refractivity contribution in [2.45, 2.75) is 39.9 Å². The average molecular weight is 378 g/mol. The van der Waals surface area contributed by atoms with E-state index in [4.69, 9.17) is 0 Å². The Morgan fingerprint density at radius 2 is 1.93 bits per heavy atom. The fraction of sp³-hybridized carbons (Fsp3) is 0.333. The number of rotatable bonds is 7. The fourth-order valence-electron chi connectivity index (χ4n) is 2.94. The minimum atomic E-state index is -0.0987. The molecule has 28 heavy (non-hydrogen) atoms. The highest BCUT2D eigenvalue weighted by molar-refractivity contribution is 5.94. The van der Waals surface area contributed by atoms with Crippen LogP contribution < -0.4 is 5.32 Å². The molecule has 0 fully saturated rings. The average Bonchev–Trinajstić information content (AvgIpc) is 3.21. The van der Waals surface area contributed by atoms with Crippen molar-refractivity contribution >= 4 is 5.91 Å².